The molecule has 0 aromatic rings. The van der Waals surface area contributed by atoms with Crippen LogP contribution in [0.1, 0.15) is 0 Å². The molecule has 0 spiro atoms. The maximum Gasteiger partial charge on any atom is 0.201 e. The van der Waals surface area contributed by atoms with Gasteiger partial charge in [0.25, 0.3) is 0 Å². The van der Waals surface area contributed by atoms with Gasteiger partial charge in [-0.2, -0.15) is 0 Å². The number of hydrogen-bond donors (Lipinski definition) is 6. The Morgan fingerprint density at radius 3 is 2.43 bits per heavy atom. The van der Waals surface area contributed by atoms with E-state index in [1.807, 2.05) is 0 Å². The van der Waals surface area contributed by atoms with Crippen molar-refractivity contribution in [3.63, 3.8) is 0 Å². The van der Waals surface area contributed by atoms with Crippen LogP contribution in [0.4, 0.5) is 0 Å². The molecular weight excluding hydrogens is 191 g/mol. The van der Waals surface area contributed by atoms with Gasteiger partial charge in [-0.3, -0.25) is 5.43 Å². The minimum Gasteiger partial charge on any atom is -0.388 e. The van der Waals surface area contributed by atoms with E-state index in [1.165, 1.54) is 0 Å². The number of ether oxygens (including phenoxy) is 1. The molecule has 0 aromatic carbocycles. The van der Waals surface area contributed by atoms with Crippen molar-refractivity contribution >= 4 is 7.98 Å². The van der Waals surface area contributed by atoms with Gasteiger partial charge >= 0.3 is 0 Å². The highest BCUT2D eigenvalue weighted by atomic mass is 16.6. The Balaban J connectivity index is 2.51. The molecule has 80 valence electrons. The Bertz CT molecular complexity index is 212. The number of aliphatic hydroxyl groups excluding tert-OH is 4. The summed E-state index contributed by atoms with van der Waals surface area (Å²) < 4.78 is 11.6. The molecule has 1 heterocycles. The third-order valence-electron chi connectivity index (χ3n) is 2.07. The van der Waals surface area contributed by atoms with Crippen LogP contribution in [0.5, 0.6) is 0 Å². The van der Waals surface area contributed by atoms with Crippen molar-refractivity contribution in [2.24, 2.45) is 0 Å². The average Bonchev–Trinajstić information content (AvgIpc) is 2.18. The first-order chi connectivity index (χ1) is 6.93. The van der Waals surface area contributed by atoms with Gasteiger partial charge in [0.2, 0.25) is 7.98 Å². The molecule has 1 fully saturated rings. The van der Waals surface area contributed by atoms with Crippen molar-refractivity contribution in [1.29, 1.82) is 0 Å². The lowest BCUT2D eigenvalue weighted by atomic mass is 9.99. The van der Waals surface area contributed by atoms with Gasteiger partial charge in [0.1, 0.15) is 25.8 Å². The summed E-state index contributed by atoms with van der Waals surface area (Å²) in [7, 11) is 4.93. The van der Waals surface area contributed by atoms with Gasteiger partial charge in [-0.25, -0.2) is 0 Å². The maximum atomic E-state index is 9.43. The Labute approximate surface area is 83.6 Å². The van der Waals surface area contributed by atoms with Crippen LogP contribution < -0.4 is 10.8 Å². The minimum absolute atomic E-state index is 0.0813. The van der Waals surface area contributed by atoms with Crippen LogP contribution in [-0.2, 0) is 4.74 Å². The lowest BCUT2D eigenvalue weighted by Crippen LogP contribution is -2.60. The van der Waals surface area contributed by atoms with E-state index in [-0.39, 0.29) is 6.54 Å². The summed E-state index contributed by atoms with van der Waals surface area (Å²) in [5.41, 5.74) is 2.29. The predicted octanol–water partition coefficient (Wildman–Crippen LogP) is -4.04. The Morgan fingerprint density at radius 2 is 1.86 bits per heavy atom. The smallest absolute Gasteiger partial charge is 0.201 e. The quantitative estimate of drug-likeness (QED) is 0.205. The standard InChI is InChI=1S/C6H13BN2O5/c7-9-8-1-2-3(10)4(11)5(12)6(13)14-2/h2-6,8-13H,1H2/t2?,3-,4+,5?,6-/m1/s1/i9D. The van der Waals surface area contributed by atoms with E-state index in [4.69, 9.17) is 24.3 Å². The molecule has 0 aromatic heterocycles. The maximum absolute atomic E-state index is 9.43. The van der Waals surface area contributed by atoms with E-state index in [0.29, 0.717) is 5.33 Å². The lowest BCUT2D eigenvalue weighted by molar-refractivity contribution is -0.280. The Hall–Kier alpha value is -0.215. The first-order valence-corrected chi connectivity index (χ1v) is 4.08. The van der Waals surface area contributed by atoms with E-state index in [9.17, 15) is 10.2 Å². The molecule has 2 radical (unpaired) electrons. The zero-order chi connectivity index (χ0) is 11.6. The van der Waals surface area contributed by atoms with Crippen LogP contribution in [0.3, 0.4) is 0 Å². The summed E-state index contributed by atoms with van der Waals surface area (Å²) >= 11 is 0. The Kier molecular flexibility index (Phi) is 3.70. The number of aliphatic hydroxyl groups is 4. The van der Waals surface area contributed by atoms with E-state index >= 15 is 0 Å². The molecule has 0 aliphatic carbocycles. The molecule has 7 nitrogen and oxygen atoms in total. The fraction of sp³-hybridized carbons (Fsp3) is 1.00. The molecule has 5 atom stereocenters. The molecule has 1 saturated heterocycles. The predicted molar refractivity (Wildman–Crippen MR) is 45.8 cm³/mol. The van der Waals surface area contributed by atoms with Crippen molar-refractivity contribution in [1.82, 2.24) is 10.8 Å². The molecule has 1 aliphatic rings. The van der Waals surface area contributed by atoms with Gasteiger partial charge < -0.3 is 30.5 Å². The van der Waals surface area contributed by atoms with Crippen molar-refractivity contribution in [3.8, 4) is 0 Å². The first-order valence-electron chi connectivity index (χ1n) is 4.53. The minimum atomic E-state index is -1.58. The lowest BCUT2D eigenvalue weighted by Gasteiger charge is -2.38. The normalized spacial score (nSPS) is 45.2. The summed E-state index contributed by atoms with van der Waals surface area (Å²) in [4.78, 5) is 0. The van der Waals surface area contributed by atoms with Crippen LogP contribution in [-0.4, -0.2) is 65.7 Å². The summed E-state index contributed by atoms with van der Waals surface area (Å²) in [6.07, 6.45) is -6.96. The van der Waals surface area contributed by atoms with Crippen LogP contribution in [0.2, 0.25) is 1.41 Å². The third-order valence-corrected chi connectivity index (χ3v) is 2.07. The van der Waals surface area contributed by atoms with E-state index < -0.39 is 30.7 Å². The van der Waals surface area contributed by atoms with Gasteiger partial charge in [0.15, 0.2) is 6.29 Å². The molecule has 8 heteroatoms. The molecule has 0 amide bonds. The number of hydrazine groups is 1. The Morgan fingerprint density at radius 1 is 1.21 bits per heavy atom. The molecule has 1 aliphatic heterocycles. The molecule has 0 saturated carbocycles. The van der Waals surface area contributed by atoms with Crippen LogP contribution in [0, 0.1) is 0 Å². The largest absolute Gasteiger partial charge is 0.388 e. The molecule has 2 unspecified atom stereocenters. The van der Waals surface area contributed by atoms with Gasteiger partial charge in [0, 0.05) is 6.54 Å². The van der Waals surface area contributed by atoms with E-state index in [1.54, 1.807) is 0 Å². The van der Waals surface area contributed by atoms with Crippen molar-refractivity contribution in [2.75, 3.05) is 6.54 Å². The third kappa shape index (κ3) is 2.42. The number of hydrogen-bond acceptors (Lipinski definition) is 7. The fourth-order valence-corrected chi connectivity index (χ4v) is 1.24. The molecule has 6 N–H and O–H groups in total. The van der Waals surface area contributed by atoms with Crippen LogP contribution >= 0.6 is 0 Å². The van der Waals surface area contributed by atoms with Gasteiger partial charge in [-0.05, 0) is 0 Å². The summed E-state index contributed by atoms with van der Waals surface area (Å²) in [5.74, 6) is 0. The number of rotatable bonds is 3. The topological polar surface area (TPSA) is 114 Å². The molecule has 0 bridgehead atoms. The highest BCUT2D eigenvalue weighted by Crippen LogP contribution is 2.18. The second kappa shape index (κ2) is 5.03. The molecule has 14 heavy (non-hydrogen) atoms. The zero-order valence-electron chi connectivity index (χ0n) is 8.32. The fourth-order valence-electron chi connectivity index (χ4n) is 1.24. The molecule has 1 rings (SSSR count). The van der Waals surface area contributed by atoms with Crippen LogP contribution in [0.15, 0.2) is 0 Å². The van der Waals surface area contributed by atoms with Crippen LogP contribution in [0.25, 0.3) is 0 Å². The summed E-state index contributed by atoms with van der Waals surface area (Å²) in [6, 6.07) is 0. The van der Waals surface area contributed by atoms with Crippen molar-refractivity contribution < 1.29 is 26.6 Å². The van der Waals surface area contributed by atoms with Crippen molar-refractivity contribution in [2.45, 2.75) is 30.7 Å². The van der Waals surface area contributed by atoms with Gasteiger partial charge in [-0.1, -0.05) is 0 Å². The van der Waals surface area contributed by atoms with Crippen molar-refractivity contribution in [3.05, 3.63) is 0 Å². The van der Waals surface area contributed by atoms with E-state index in [0.717, 1.165) is 0 Å². The zero-order valence-corrected chi connectivity index (χ0v) is 7.32. The second-order valence-electron chi connectivity index (χ2n) is 3.03. The van der Waals surface area contributed by atoms with Gasteiger partial charge in [0.05, 0.1) is 0 Å². The van der Waals surface area contributed by atoms with E-state index in [2.05, 4.69) is 5.43 Å². The molecular formula is C6H13BN2O5. The highest BCUT2D eigenvalue weighted by molar-refractivity contribution is 6.03. The second-order valence-corrected chi connectivity index (χ2v) is 3.03. The van der Waals surface area contributed by atoms with Gasteiger partial charge in [-0.15, -0.1) is 0 Å². The summed E-state index contributed by atoms with van der Waals surface area (Å²) in [6.45, 7) is -0.0813. The highest BCUT2D eigenvalue weighted by Gasteiger charge is 2.42. The average molecular weight is 205 g/mol. The summed E-state index contributed by atoms with van der Waals surface area (Å²) in [5, 5.41) is 37.4. The first kappa shape index (κ1) is 10.3. The SMILES string of the molecule is [2H]N([B])NCC1O[C@@H](O)C(O)[C@@H](O)[C@@H]1O. The monoisotopic (exact) mass is 205 g/mol. The number of nitrogens with one attached hydrogen (secondary N) is 2.